The molecule has 1 N–H and O–H groups in total. The topological polar surface area (TPSA) is 97.2 Å². The van der Waals surface area contributed by atoms with Gasteiger partial charge in [0.1, 0.15) is 6.17 Å². The molecule has 1 fully saturated rings. The minimum absolute atomic E-state index is 0.0486. The quantitative estimate of drug-likeness (QED) is 0.717. The Balaban J connectivity index is 1.78. The summed E-state index contributed by atoms with van der Waals surface area (Å²) in [6.07, 6.45) is 0.259. The Hall–Kier alpha value is -2.33. The van der Waals surface area contributed by atoms with Crippen LogP contribution in [-0.4, -0.2) is 58.4 Å². The summed E-state index contributed by atoms with van der Waals surface area (Å²) in [6, 6.07) is 6.04. The number of nitrogens with one attached hydrogen (secondary N) is 1. The number of alkyl halides is 1. The van der Waals surface area contributed by atoms with E-state index in [1.54, 1.807) is 24.3 Å². The van der Waals surface area contributed by atoms with Gasteiger partial charge in [-0.25, -0.2) is 12.8 Å². The fourth-order valence-electron chi connectivity index (χ4n) is 3.50. The highest BCUT2D eigenvalue weighted by Gasteiger charge is 2.40. The first-order valence-electron chi connectivity index (χ1n) is 10.0. The lowest BCUT2D eigenvalue weighted by molar-refractivity contribution is 0.0938. The van der Waals surface area contributed by atoms with Crippen molar-refractivity contribution in [1.29, 1.82) is 0 Å². The van der Waals surface area contributed by atoms with Crippen LogP contribution in [0.5, 0.6) is 0 Å². The van der Waals surface area contributed by atoms with Crippen LogP contribution in [0.1, 0.15) is 56.1 Å². The van der Waals surface area contributed by atoms with Crippen molar-refractivity contribution in [3.8, 4) is 0 Å². The molecular weight excluding hydrogens is 409 g/mol. The number of halogens is 1. The fraction of sp³-hybridized carbons (Fsp3) is 0.550. The highest BCUT2D eigenvalue weighted by molar-refractivity contribution is 7.89. The maximum Gasteiger partial charge on any atom is 0.273 e. The molecule has 10 heteroatoms. The first-order chi connectivity index (χ1) is 14.1. The van der Waals surface area contributed by atoms with Crippen molar-refractivity contribution in [2.24, 2.45) is 0 Å². The molecule has 1 saturated heterocycles. The maximum atomic E-state index is 14.2. The van der Waals surface area contributed by atoms with Gasteiger partial charge in [0.05, 0.1) is 17.6 Å². The van der Waals surface area contributed by atoms with E-state index < -0.39 is 22.2 Å². The Bertz CT molecular complexity index is 988. The standard InChI is InChI=1S/C20H28FN5O3S/c1-13(2)15-5-7-18(8-6-15)30(28,29)26-10-16(21)9-17(26)11-25-12-19(23-24-25)20(27)22-14(3)4/h5-8,12-14,16-17H,9-11H2,1-4H3,(H,22,27)/t16-,17-/m0/s1. The van der Waals surface area contributed by atoms with Crippen molar-refractivity contribution in [1.82, 2.24) is 24.6 Å². The normalized spacial score (nSPS) is 20.2. The molecule has 164 valence electrons. The number of sulfonamides is 1. The average molecular weight is 438 g/mol. The summed E-state index contributed by atoms with van der Waals surface area (Å²) < 4.78 is 43.1. The summed E-state index contributed by atoms with van der Waals surface area (Å²) >= 11 is 0. The van der Waals surface area contributed by atoms with E-state index in [4.69, 9.17) is 0 Å². The van der Waals surface area contributed by atoms with Crippen LogP contribution in [0.4, 0.5) is 4.39 Å². The van der Waals surface area contributed by atoms with Crippen LogP contribution in [0.15, 0.2) is 35.4 Å². The summed E-state index contributed by atoms with van der Waals surface area (Å²) in [5.41, 5.74) is 1.17. The van der Waals surface area contributed by atoms with Gasteiger partial charge in [0.25, 0.3) is 5.91 Å². The third-order valence-corrected chi connectivity index (χ3v) is 6.99. The molecular formula is C20H28FN5O3S. The molecule has 1 aromatic carbocycles. The molecule has 3 rings (SSSR count). The van der Waals surface area contributed by atoms with Crippen LogP contribution >= 0.6 is 0 Å². The summed E-state index contributed by atoms with van der Waals surface area (Å²) in [6.45, 7) is 7.64. The predicted octanol–water partition coefficient (Wildman–Crippen LogP) is 2.34. The van der Waals surface area contributed by atoms with E-state index >= 15 is 0 Å². The minimum atomic E-state index is -3.86. The van der Waals surface area contributed by atoms with Gasteiger partial charge in [-0.05, 0) is 43.9 Å². The van der Waals surface area contributed by atoms with Crippen molar-refractivity contribution < 1.29 is 17.6 Å². The van der Waals surface area contributed by atoms with Gasteiger partial charge in [-0.15, -0.1) is 5.10 Å². The van der Waals surface area contributed by atoms with Crippen LogP contribution in [0.25, 0.3) is 0 Å². The van der Waals surface area contributed by atoms with Crippen molar-refractivity contribution in [2.45, 2.75) is 69.7 Å². The van der Waals surface area contributed by atoms with E-state index in [0.717, 1.165) is 5.56 Å². The molecule has 0 spiro atoms. The molecule has 0 aliphatic carbocycles. The molecule has 0 saturated carbocycles. The summed E-state index contributed by atoms with van der Waals surface area (Å²) in [5.74, 6) is -0.0771. The van der Waals surface area contributed by atoms with E-state index in [1.807, 2.05) is 27.7 Å². The molecule has 1 aromatic heterocycles. The molecule has 0 unspecified atom stereocenters. The van der Waals surface area contributed by atoms with Crippen molar-refractivity contribution in [3.05, 3.63) is 41.7 Å². The SMILES string of the molecule is CC(C)NC(=O)c1cn(C[C@@H]2C[C@H](F)CN2S(=O)(=O)c2ccc(C(C)C)cc2)nn1. The largest absolute Gasteiger partial charge is 0.348 e. The Morgan fingerprint density at radius 1 is 1.23 bits per heavy atom. The predicted molar refractivity (Wildman–Crippen MR) is 110 cm³/mol. The Kier molecular flexibility index (Phi) is 6.56. The highest BCUT2D eigenvalue weighted by Crippen LogP contribution is 2.29. The lowest BCUT2D eigenvalue weighted by atomic mass is 10.0. The zero-order valence-electron chi connectivity index (χ0n) is 17.6. The smallest absolute Gasteiger partial charge is 0.273 e. The number of benzene rings is 1. The second-order valence-corrected chi connectivity index (χ2v) is 10.1. The lowest BCUT2D eigenvalue weighted by Gasteiger charge is -2.23. The molecule has 2 atom stereocenters. The molecule has 8 nitrogen and oxygen atoms in total. The van der Waals surface area contributed by atoms with E-state index in [0.29, 0.717) is 0 Å². The molecule has 0 bridgehead atoms. The fourth-order valence-corrected chi connectivity index (χ4v) is 5.15. The lowest BCUT2D eigenvalue weighted by Crippen LogP contribution is -2.38. The van der Waals surface area contributed by atoms with E-state index in [1.165, 1.54) is 15.2 Å². The van der Waals surface area contributed by atoms with Crippen LogP contribution in [-0.2, 0) is 16.6 Å². The monoisotopic (exact) mass is 437 g/mol. The highest BCUT2D eigenvalue weighted by atomic mass is 32.2. The molecule has 0 radical (unpaired) electrons. The van der Waals surface area contributed by atoms with E-state index in [2.05, 4.69) is 15.6 Å². The number of nitrogens with zero attached hydrogens (tertiary/aromatic N) is 4. The number of amides is 1. The Labute approximate surface area is 176 Å². The van der Waals surface area contributed by atoms with Gasteiger partial charge in [0.15, 0.2) is 5.69 Å². The number of carbonyl (C=O) groups is 1. The third kappa shape index (κ3) is 4.86. The van der Waals surface area contributed by atoms with Gasteiger partial charge in [0.2, 0.25) is 10.0 Å². The van der Waals surface area contributed by atoms with Gasteiger partial charge < -0.3 is 5.32 Å². The third-order valence-electron chi connectivity index (χ3n) is 5.06. The van der Waals surface area contributed by atoms with Gasteiger partial charge in [-0.2, -0.15) is 4.31 Å². The Morgan fingerprint density at radius 2 is 1.90 bits per heavy atom. The van der Waals surface area contributed by atoms with Crippen molar-refractivity contribution in [2.75, 3.05) is 6.54 Å². The van der Waals surface area contributed by atoms with Gasteiger partial charge >= 0.3 is 0 Å². The molecule has 1 aliphatic heterocycles. The van der Waals surface area contributed by atoms with Gasteiger partial charge in [-0.1, -0.05) is 31.2 Å². The minimum Gasteiger partial charge on any atom is -0.348 e. The molecule has 30 heavy (non-hydrogen) atoms. The van der Waals surface area contributed by atoms with E-state index in [-0.39, 0.29) is 48.0 Å². The van der Waals surface area contributed by atoms with Crippen LogP contribution in [0.3, 0.4) is 0 Å². The van der Waals surface area contributed by atoms with Crippen molar-refractivity contribution >= 4 is 15.9 Å². The first-order valence-corrected chi connectivity index (χ1v) is 11.5. The van der Waals surface area contributed by atoms with E-state index in [9.17, 15) is 17.6 Å². The van der Waals surface area contributed by atoms with Gasteiger partial charge in [-0.3, -0.25) is 9.48 Å². The van der Waals surface area contributed by atoms with Crippen LogP contribution < -0.4 is 5.32 Å². The van der Waals surface area contributed by atoms with Crippen molar-refractivity contribution in [3.63, 3.8) is 0 Å². The number of hydrogen-bond acceptors (Lipinski definition) is 5. The number of aromatic nitrogens is 3. The number of rotatable bonds is 7. The van der Waals surface area contributed by atoms with Crippen LogP contribution in [0.2, 0.25) is 0 Å². The summed E-state index contributed by atoms with van der Waals surface area (Å²) in [7, 11) is -3.86. The zero-order chi connectivity index (χ0) is 22.1. The molecule has 2 heterocycles. The maximum absolute atomic E-state index is 14.2. The summed E-state index contributed by atoms with van der Waals surface area (Å²) in [4.78, 5) is 12.2. The molecule has 1 amide bonds. The number of hydrogen-bond donors (Lipinski definition) is 1. The number of carbonyl (C=O) groups excluding carboxylic acids is 1. The van der Waals surface area contributed by atoms with Gasteiger partial charge in [0, 0.05) is 18.6 Å². The summed E-state index contributed by atoms with van der Waals surface area (Å²) in [5, 5.41) is 10.5. The second-order valence-electron chi connectivity index (χ2n) is 8.24. The van der Waals surface area contributed by atoms with Crippen LogP contribution in [0, 0.1) is 0 Å². The zero-order valence-corrected chi connectivity index (χ0v) is 18.4. The second kappa shape index (κ2) is 8.81. The molecule has 1 aliphatic rings. The average Bonchev–Trinajstić information content (AvgIpc) is 3.28. The Morgan fingerprint density at radius 3 is 2.50 bits per heavy atom. The molecule has 2 aromatic rings. The first kappa shape index (κ1) is 22.4.